The number of hydrogen-bond acceptors (Lipinski definition) is 7. The van der Waals surface area contributed by atoms with E-state index < -0.39 is 11.9 Å². The molecule has 0 saturated carbocycles. The van der Waals surface area contributed by atoms with E-state index in [0.29, 0.717) is 44.2 Å². The van der Waals surface area contributed by atoms with Crippen molar-refractivity contribution in [1.82, 2.24) is 0 Å². The zero-order valence-corrected chi connectivity index (χ0v) is 22.6. The Kier molecular flexibility index (Phi) is 15.0. The highest BCUT2D eigenvalue weighted by atomic mass is 16.6. The van der Waals surface area contributed by atoms with Gasteiger partial charge in [-0.1, -0.05) is 58.2 Å². The molecule has 2 aromatic rings. The Balaban J connectivity index is 2.12. The Labute approximate surface area is 221 Å². The van der Waals surface area contributed by atoms with Gasteiger partial charge in [0.05, 0.1) is 30.9 Å². The molecule has 0 fully saturated rings. The lowest BCUT2D eigenvalue weighted by molar-refractivity contribution is 0.0310. The van der Waals surface area contributed by atoms with E-state index >= 15 is 0 Å². The lowest BCUT2D eigenvalue weighted by atomic mass is 9.97. The molecule has 0 atom stereocenters. The summed E-state index contributed by atoms with van der Waals surface area (Å²) in [6.45, 7) is 9.18. The van der Waals surface area contributed by atoms with Crippen LogP contribution in [0.15, 0.2) is 42.5 Å². The van der Waals surface area contributed by atoms with Crippen molar-refractivity contribution in [3.63, 3.8) is 0 Å². The molecular formula is C30H42O7. The van der Waals surface area contributed by atoms with E-state index in [1.54, 1.807) is 12.1 Å². The van der Waals surface area contributed by atoms with Crippen LogP contribution >= 0.6 is 0 Å². The van der Waals surface area contributed by atoms with Crippen LogP contribution in [0.3, 0.4) is 0 Å². The molecule has 2 aromatic carbocycles. The van der Waals surface area contributed by atoms with E-state index in [1.807, 2.05) is 24.3 Å². The van der Waals surface area contributed by atoms with Crippen LogP contribution in [-0.2, 0) is 18.9 Å². The summed E-state index contributed by atoms with van der Waals surface area (Å²) in [4.78, 5) is 25.7. The maximum atomic E-state index is 13.0. The van der Waals surface area contributed by atoms with Gasteiger partial charge in [-0.2, -0.15) is 0 Å². The molecule has 0 saturated heterocycles. The van der Waals surface area contributed by atoms with Crippen molar-refractivity contribution in [2.24, 2.45) is 0 Å². The number of rotatable bonds is 19. The quantitative estimate of drug-likeness (QED) is 0.157. The van der Waals surface area contributed by atoms with Crippen LogP contribution < -0.4 is 4.74 Å². The first-order valence-electron chi connectivity index (χ1n) is 13.5. The van der Waals surface area contributed by atoms with Gasteiger partial charge in [0, 0.05) is 13.2 Å². The smallest absolute Gasteiger partial charge is 0.338 e. The molecule has 0 unspecified atom stereocenters. The number of carbonyl (C=O) groups is 2. The second-order valence-electron chi connectivity index (χ2n) is 8.69. The molecule has 0 aliphatic heterocycles. The first-order valence-corrected chi connectivity index (χ1v) is 13.5. The molecule has 0 heterocycles. The molecule has 7 heteroatoms. The molecule has 0 amide bonds. The predicted octanol–water partition coefficient (Wildman–Crippen LogP) is 6.48. The number of esters is 2. The Morgan fingerprint density at radius 1 is 0.622 bits per heavy atom. The zero-order chi connectivity index (χ0) is 26.7. The molecule has 0 spiro atoms. The fourth-order valence-corrected chi connectivity index (χ4v) is 3.40. The molecule has 0 aromatic heterocycles. The van der Waals surface area contributed by atoms with E-state index in [-0.39, 0.29) is 18.8 Å². The summed E-state index contributed by atoms with van der Waals surface area (Å²) in [5, 5.41) is 0. The van der Waals surface area contributed by atoms with Crippen LogP contribution in [0.5, 0.6) is 5.75 Å². The van der Waals surface area contributed by atoms with Crippen LogP contribution in [0.4, 0.5) is 0 Å². The first-order chi connectivity index (χ1) is 18.1. The Hall–Kier alpha value is -2.90. The summed E-state index contributed by atoms with van der Waals surface area (Å²) in [5.74, 6) is -0.260. The van der Waals surface area contributed by atoms with E-state index in [9.17, 15) is 9.59 Å². The van der Waals surface area contributed by atoms with Crippen molar-refractivity contribution in [1.29, 1.82) is 0 Å². The van der Waals surface area contributed by atoms with Crippen LogP contribution in [0, 0.1) is 0 Å². The average Bonchev–Trinajstić information content (AvgIpc) is 2.92. The number of carbonyl (C=O) groups excluding carboxylic acids is 2. The molecule has 37 heavy (non-hydrogen) atoms. The minimum Gasteiger partial charge on any atom is -0.494 e. The largest absolute Gasteiger partial charge is 0.494 e. The van der Waals surface area contributed by atoms with Gasteiger partial charge in [-0.3, -0.25) is 0 Å². The summed E-state index contributed by atoms with van der Waals surface area (Å²) in [6, 6.07) is 12.5. The summed E-state index contributed by atoms with van der Waals surface area (Å²) in [6.07, 6.45) is 6.07. The van der Waals surface area contributed by atoms with Gasteiger partial charge in [-0.05, 0) is 54.7 Å². The van der Waals surface area contributed by atoms with Crippen LogP contribution in [0.1, 0.15) is 80.0 Å². The topological polar surface area (TPSA) is 80.3 Å². The molecule has 0 aliphatic rings. The summed E-state index contributed by atoms with van der Waals surface area (Å²) in [7, 11) is 0. The molecule has 0 bridgehead atoms. The van der Waals surface area contributed by atoms with Gasteiger partial charge < -0.3 is 23.7 Å². The molecule has 7 nitrogen and oxygen atoms in total. The van der Waals surface area contributed by atoms with Crippen LogP contribution in [0.25, 0.3) is 11.1 Å². The van der Waals surface area contributed by atoms with Crippen molar-refractivity contribution in [3.05, 3.63) is 53.6 Å². The molecule has 0 aliphatic carbocycles. The highest BCUT2D eigenvalue weighted by Crippen LogP contribution is 2.28. The van der Waals surface area contributed by atoms with E-state index in [0.717, 1.165) is 49.8 Å². The summed E-state index contributed by atoms with van der Waals surface area (Å²) in [5.41, 5.74) is 2.06. The van der Waals surface area contributed by atoms with Gasteiger partial charge in [0.1, 0.15) is 19.0 Å². The number of unbranched alkanes of at least 4 members (excludes halogenated alkanes) is 3. The Bertz CT molecular complexity index is 924. The molecule has 0 N–H and O–H groups in total. The van der Waals surface area contributed by atoms with Crippen molar-refractivity contribution in [2.45, 2.75) is 59.3 Å². The Morgan fingerprint density at radius 3 is 1.78 bits per heavy atom. The third-order valence-corrected chi connectivity index (χ3v) is 5.61. The van der Waals surface area contributed by atoms with E-state index in [4.69, 9.17) is 23.7 Å². The SMILES string of the molecule is CCCCOCCOC(=O)c1ccc(-c2ccc(OCCCC)cc2)c(C(=O)OCCOCCCC)c1. The van der Waals surface area contributed by atoms with Crippen molar-refractivity contribution < 1.29 is 33.3 Å². The summed E-state index contributed by atoms with van der Waals surface area (Å²) < 4.78 is 27.5. The van der Waals surface area contributed by atoms with Crippen molar-refractivity contribution in [3.8, 4) is 16.9 Å². The normalized spacial score (nSPS) is 10.8. The van der Waals surface area contributed by atoms with Crippen molar-refractivity contribution in [2.75, 3.05) is 46.2 Å². The van der Waals surface area contributed by atoms with Gasteiger partial charge in [0.15, 0.2) is 0 Å². The fourth-order valence-electron chi connectivity index (χ4n) is 3.40. The maximum Gasteiger partial charge on any atom is 0.338 e. The number of hydrogen-bond donors (Lipinski definition) is 0. The van der Waals surface area contributed by atoms with E-state index in [1.165, 1.54) is 6.07 Å². The van der Waals surface area contributed by atoms with Gasteiger partial charge in [-0.15, -0.1) is 0 Å². The van der Waals surface area contributed by atoms with Crippen LogP contribution in [-0.4, -0.2) is 58.2 Å². The second kappa shape index (κ2) is 18.4. The minimum absolute atomic E-state index is 0.135. The second-order valence-corrected chi connectivity index (χ2v) is 8.69. The van der Waals surface area contributed by atoms with Crippen LogP contribution in [0.2, 0.25) is 0 Å². The van der Waals surface area contributed by atoms with Crippen molar-refractivity contribution >= 4 is 11.9 Å². The standard InChI is InChI=1S/C30H42O7/c1-4-7-16-33-19-21-36-29(31)25-12-15-27(24-10-13-26(14-11-24)35-18-9-6-3)28(23-25)30(32)37-22-20-34-17-8-5-2/h10-15,23H,4-9,16-22H2,1-3H3. The molecule has 0 radical (unpaired) electrons. The fraction of sp³-hybridized carbons (Fsp3) is 0.533. The van der Waals surface area contributed by atoms with Gasteiger partial charge in [-0.25, -0.2) is 9.59 Å². The van der Waals surface area contributed by atoms with E-state index in [2.05, 4.69) is 20.8 Å². The minimum atomic E-state index is -0.519. The van der Waals surface area contributed by atoms with Gasteiger partial charge in [0.2, 0.25) is 0 Å². The first kappa shape index (κ1) is 30.3. The molecular weight excluding hydrogens is 472 g/mol. The molecule has 204 valence electrons. The lowest BCUT2D eigenvalue weighted by Gasteiger charge is -2.13. The monoisotopic (exact) mass is 514 g/mol. The highest BCUT2D eigenvalue weighted by Gasteiger charge is 2.18. The third kappa shape index (κ3) is 11.4. The van der Waals surface area contributed by atoms with Gasteiger partial charge in [0.25, 0.3) is 0 Å². The summed E-state index contributed by atoms with van der Waals surface area (Å²) >= 11 is 0. The zero-order valence-electron chi connectivity index (χ0n) is 22.6. The Morgan fingerprint density at radius 2 is 1.19 bits per heavy atom. The highest BCUT2D eigenvalue weighted by molar-refractivity contribution is 6.01. The average molecular weight is 515 g/mol. The third-order valence-electron chi connectivity index (χ3n) is 5.61. The van der Waals surface area contributed by atoms with Gasteiger partial charge >= 0.3 is 11.9 Å². The predicted molar refractivity (Wildman–Crippen MR) is 144 cm³/mol. The maximum absolute atomic E-state index is 13.0. The lowest BCUT2D eigenvalue weighted by Crippen LogP contribution is -2.15. The number of benzene rings is 2. The number of ether oxygens (including phenoxy) is 5. The molecule has 2 rings (SSSR count).